The summed E-state index contributed by atoms with van der Waals surface area (Å²) in [5, 5.41) is 11.9. The lowest BCUT2D eigenvalue weighted by molar-refractivity contribution is -0.132. The summed E-state index contributed by atoms with van der Waals surface area (Å²) in [6.45, 7) is 8.54. The van der Waals surface area contributed by atoms with Crippen molar-refractivity contribution in [2.75, 3.05) is 11.5 Å². The van der Waals surface area contributed by atoms with Gasteiger partial charge in [-0.15, -0.1) is 0 Å². The Hall–Kier alpha value is -3.64. The van der Waals surface area contributed by atoms with E-state index in [1.165, 1.54) is 4.90 Å². The number of amides is 1. The number of ether oxygens (including phenoxy) is 1. The number of anilines is 1. The fraction of sp³-hybridized carbons (Fsp3) is 0.250. The van der Waals surface area contributed by atoms with E-state index in [4.69, 9.17) is 16.3 Å². The molecule has 0 radical (unpaired) electrons. The molecule has 0 saturated carbocycles. The van der Waals surface area contributed by atoms with Gasteiger partial charge in [-0.2, -0.15) is 0 Å². The highest BCUT2D eigenvalue weighted by molar-refractivity contribution is 6.51. The van der Waals surface area contributed by atoms with Gasteiger partial charge in [-0.25, -0.2) is 0 Å². The van der Waals surface area contributed by atoms with E-state index in [9.17, 15) is 14.7 Å². The summed E-state index contributed by atoms with van der Waals surface area (Å²) in [5.74, 6) is -1.07. The number of benzene rings is 2. The largest absolute Gasteiger partial charge is 0.507 e. The molecule has 1 saturated heterocycles. The van der Waals surface area contributed by atoms with Gasteiger partial charge in [-0.1, -0.05) is 44.5 Å². The van der Waals surface area contributed by atoms with Gasteiger partial charge in [0.05, 0.1) is 18.2 Å². The molecule has 1 atom stereocenters. The smallest absolute Gasteiger partial charge is 0.300 e. The second kappa shape index (κ2) is 9.55. The SMILES string of the molecule is CCOc1ccc(/C(O)=C2/C(=O)C(=O)N(c3cccc(Cl)c3)C2c2cccnc2)cc1C(C)(C)C. The van der Waals surface area contributed by atoms with Crippen LogP contribution in [-0.4, -0.2) is 28.4 Å². The number of rotatable bonds is 5. The molecule has 1 fully saturated rings. The lowest BCUT2D eigenvalue weighted by atomic mass is 9.84. The Labute approximate surface area is 209 Å². The van der Waals surface area contributed by atoms with E-state index in [1.54, 1.807) is 60.9 Å². The van der Waals surface area contributed by atoms with Crippen molar-refractivity contribution >= 4 is 34.7 Å². The number of nitrogens with zero attached hydrogens (tertiary/aromatic N) is 2. The molecule has 1 aliphatic rings. The third-order valence-electron chi connectivity index (χ3n) is 5.89. The summed E-state index contributed by atoms with van der Waals surface area (Å²) in [5.41, 5.74) is 2.06. The molecule has 35 heavy (non-hydrogen) atoms. The predicted molar refractivity (Wildman–Crippen MR) is 137 cm³/mol. The van der Waals surface area contributed by atoms with Crippen LogP contribution >= 0.6 is 11.6 Å². The average molecular weight is 491 g/mol. The van der Waals surface area contributed by atoms with Gasteiger partial charge in [0.25, 0.3) is 11.7 Å². The first-order valence-electron chi connectivity index (χ1n) is 11.4. The predicted octanol–water partition coefficient (Wildman–Crippen LogP) is 6.06. The van der Waals surface area contributed by atoms with Gasteiger partial charge in [-0.3, -0.25) is 19.5 Å². The van der Waals surface area contributed by atoms with Gasteiger partial charge >= 0.3 is 0 Å². The number of aliphatic hydroxyl groups is 1. The van der Waals surface area contributed by atoms with E-state index in [0.717, 1.165) is 5.56 Å². The molecular weight excluding hydrogens is 464 g/mol. The summed E-state index contributed by atoms with van der Waals surface area (Å²) in [4.78, 5) is 32.1. The van der Waals surface area contributed by atoms with Crippen LogP contribution in [0, 0.1) is 0 Å². The molecule has 4 rings (SSSR count). The molecule has 3 aromatic rings. The quantitative estimate of drug-likeness (QED) is 0.267. The molecule has 1 amide bonds. The number of carbonyl (C=O) groups is 2. The van der Waals surface area contributed by atoms with Gasteiger partial charge in [0.2, 0.25) is 0 Å². The number of pyridine rings is 1. The van der Waals surface area contributed by atoms with E-state index in [2.05, 4.69) is 4.98 Å². The van der Waals surface area contributed by atoms with Crippen LogP contribution in [0.25, 0.3) is 5.76 Å². The normalized spacial score (nSPS) is 17.6. The van der Waals surface area contributed by atoms with Crippen molar-refractivity contribution < 1.29 is 19.4 Å². The van der Waals surface area contributed by atoms with E-state index in [1.807, 2.05) is 33.8 Å². The van der Waals surface area contributed by atoms with Crippen molar-refractivity contribution in [3.05, 3.63) is 94.3 Å². The summed E-state index contributed by atoms with van der Waals surface area (Å²) in [7, 11) is 0. The van der Waals surface area contributed by atoms with Gasteiger partial charge in [-0.05, 0) is 60.4 Å². The minimum absolute atomic E-state index is 0.00741. The van der Waals surface area contributed by atoms with Crippen molar-refractivity contribution in [2.45, 2.75) is 39.2 Å². The second-order valence-electron chi connectivity index (χ2n) is 9.33. The number of carbonyl (C=O) groups excluding carboxylic acids is 2. The van der Waals surface area contributed by atoms with Crippen molar-refractivity contribution in [2.24, 2.45) is 0 Å². The van der Waals surface area contributed by atoms with Gasteiger partial charge in [0.1, 0.15) is 11.5 Å². The number of hydrogen-bond acceptors (Lipinski definition) is 5. The summed E-state index contributed by atoms with van der Waals surface area (Å²) >= 11 is 6.19. The third kappa shape index (κ3) is 4.66. The first kappa shape index (κ1) is 24.5. The standard InChI is InChI=1S/C28H27ClN2O4/c1-5-35-22-12-11-17(14-21(22)28(2,3)4)25(32)23-24(18-8-7-13-30-16-18)31(27(34)26(23)33)20-10-6-9-19(29)15-20/h6-16,24,32H,5H2,1-4H3/b25-23-. The summed E-state index contributed by atoms with van der Waals surface area (Å²) in [6.07, 6.45) is 3.19. The van der Waals surface area contributed by atoms with Crippen molar-refractivity contribution in [3.8, 4) is 5.75 Å². The van der Waals surface area contributed by atoms with Crippen LogP contribution in [0.1, 0.15) is 50.4 Å². The minimum Gasteiger partial charge on any atom is -0.507 e. The Morgan fingerprint density at radius 1 is 1.11 bits per heavy atom. The van der Waals surface area contributed by atoms with Crippen LogP contribution in [-0.2, 0) is 15.0 Å². The van der Waals surface area contributed by atoms with Crippen molar-refractivity contribution in [1.29, 1.82) is 0 Å². The van der Waals surface area contributed by atoms with Crippen LogP contribution in [0.2, 0.25) is 5.02 Å². The molecule has 1 unspecified atom stereocenters. The van der Waals surface area contributed by atoms with Gasteiger partial charge < -0.3 is 9.84 Å². The number of halogens is 1. The molecule has 6 nitrogen and oxygen atoms in total. The lowest BCUT2D eigenvalue weighted by Crippen LogP contribution is -2.29. The van der Waals surface area contributed by atoms with E-state index in [0.29, 0.717) is 34.2 Å². The number of aromatic nitrogens is 1. The molecule has 1 aliphatic heterocycles. The molecule has 7 heteroatoms. The Morgan fingerprint density at radius 2 is 1.89 bits per heavy atom. The summed E-state index contributed by atoms with van der Waals surface area (Å²) < 4.78 is 5.79. The number of hydrogen-bond donors (Lipinski definition) is 1. The molecule has 0 spiro atoms. The Balaban J connectivity index is 1.94. The van der Waals surface area contributed by atoms with Crippen LogP contribution in [0.4, 0.5) is 5.69 Å². The topological polar surface area (TPSA) is 79.7 Å². The van der Waals surface area contributed by atoms with Crippen LogP contribution in [0.15, 0.2) is 72.6 Å². The monoisotopic (exact) mass is 490 g/mol. The maximum absolute atomic E-state index is 13.3. The molecule has 1 aromatic heterocycles. The minimum atomic E-state index is -0.869. The maximum atomic E-state index is 13.3. The summed E-state index contributed by atoms with van der Waals surface area (Å²) in [6, 6.07) is 14.6. The maximum Gasteiger partial charge on any atom is 0.300 e. The Morgan fingerprint density at radius 3 is 2.51 bits per heavy atom. The molecule has 1 N–H and O–H groups in total. The fourth-order valence-electron chi connectivity index (χ4n) is 4.28. The number of ketones is 1. The second-order valence-corrected chi connectivity index (χ2v) is 9.77. The average Bonchev–Trinajstić information content (AvgIpc) is 3.09. The first-order chi connectivity index (χ1) is 16.6. The number of aliphatic hydroxyl groups excluding tert-OH is 1. The zero-order valence-electron chi connectivity index (χ0n) is 20.1. The van der Waals surface area contributed by atoms with Crippen molar-refractivity contribution in [3.63, 3.8) is 0 Å². The van der Waals surface area contributed by atoms with Gasteiger partial charge in [0.15, 0.2) is 0 Å². The molecular formula is C28H27ClN2O4. The molecule has 180 valence electrons. The van der Waals surface area contributed by atoms with E-state index < -0.39 is 17.7 Å². The lowest BCUT2D eigenvalue weighted by Gasteiger charge is -2.26. The van der Waals surface area contributed by atoms with Crippen LogP contribution < -0.4 is 9.64 Å². The van der Waals surface area contributed by atoms with Crippen molar-refractivity contribution in [1.82, 2.24) is 4.98 Å². The molecule has 0 aliphatic carbocycles. The Kier molecular flexibility index (Phi) is 6.68. The first-order valence-corrected chi connectivity index (χ1v) is 11.8. The van der Waals surface area contributed by atoms with Crippen LogP contribution in [0.3, 0.4) is 0 Å². The zero-order chi connectivity index (χ0) is 25.3. The van der Waals surface area contributed by atoms with Crippen LogP contribution in [0.5, 0.6) is 5.75 Å². The zero-order valence-corrected chi connectivity index (χ0v) is 20.8. The third-order valence-corrected chi connectivity index (χ3v) is 6.13. The molecule has 2 heterocycles. The Bertz CT molecular complexity index is 1310. The highest BCUT2D eigenvalue weighted by Crippen LogP contribution is 2.43. The number of Topliss-reactive ketones (excluding diaryl/α,β-unsaturated/α-hetero) is 1. The molecule has 0 bridgehead atoms. The molecule has 2 aromatic carbocycles. The van der Waals surface area contributed by atoms with E-state index >= 15 is 0 Å². The highest BCUT2D eigenvalue weighted by Gasteiger charge is 2.47. The van der Waals surface area contributed by atoms with E-state index in [-0.39, 0.29) is 16.7 Å². The highest BCUT2D eigenvalue weighted by atomic mass is 35.5. The fourth-order valence-corrected chi connectivity index (χ4v) is 4.46. The van der Waals surface area contributed by atoms with Gasteiger partial charge in [0, 0.05) is 34.2 Å².